The summed E-state index contributed by atoms with van der Waals surface area (Å²) in [6.07, 6.45) is 1.39. The lowest BCUT2D eigenvalue weighted by atomic mass is 10.0. The maximum Gasteiger partial charge on any atom is 0.166 e. The highest BCUT2D eigenvalue weighted by molar-refractivity contribution is 6.35. The fraction of sp³-hybridized carbons (Fsp3) is 0.571. The molecule has 1 aromatic heterocycles. The van der Waals surface area contributed by atoms with E-state index >= 15 is 0 Å². The first-order chi connectivity index (χ1) is 12.6. The zero-order chi connectivity index (χ0) is 19.5. The maximum absolute atomic E-state index is 12.8. The number of β-amino-alcohol motifs (C(OH)–C–C–N with tert-alkyl or cyclic N) is 1. The smallest absolute Gasteiger partial charge is 0.166 e. The molecule has 3 N–H and O–H groups in total. The molecule has 0 spiro atoms. The second kappa shape index (κ2) is 6.50. The fourth-order valence-electron chi connectivity index (χ4n) is 4.79. The average Bonchev–Trinajstić information content (AvgIpc) is 2.90. The van der Waals surface area contributed by atoms with Crippen LogP contribution in [0.15, 0.2) is 16.5 Å². The van der Waals surface area contributed by atoms with E-state index in [1.807, 2.05) is 26.8 Å². The van der Waals surface area contributed by atoms with Crippen LogP contribution in [-0.2, 0) is 0 Å². The number of piperidine rings is 1. The molecule has 1 saturated carbocycles. The van der Waals surface area contributed by atoms with Crippen molar-refractivity contribution in [2.24, 2.45) is 17.8 Å². The Morgan fingerprint density at radius 1 is 1.37 bits per heavy atom. The normalized spacial score (nSPS) is 25.1. The highest BCUT2D eigenvalue weighted by Crippen LogP contribution is 2.54. The number of likely N-dealkylation sites (tertiary alicyclic amines) is 1. The van der Waals surface area contributed by atoms with Crippen molar-refractivity contribution in [1.82, 2.24) is 4.90 Å². The van der Waals surface area contributed by atoms with Crippen LogP contribution in [0.5, 0.6) is 0 Å². The van der Waals surface area contributed by atoms with Gasteiger partial charge in [-0.25, -0.2) is 0 Å². The molecule has 2 aromatic rings. The largest absolute Gasteiger partial charge is 0.461 e. The predicted octanol–water partition coefficient (Wildman–Crippen LogP) is 3.89. The van der Waals surface area contributed by atoms with E-state index in [0.29, 0.717) is 58.0 Å². The van der Waals surface area contributed by atoms with E-state index in [1.165, 1.54) is 0 Å². The third-order valence-corrected chi connectivity index (χ3v) is 6.29. The lowest BCUT2D eigenvalue weighted by Gasteiger charge is -2.27. The summed E-state index contributed by atoms with van der Waals surface area (Å²) in [7, 11) is 0. The number of aryl methyl sites for hydroxylation is 1. The Hall–Kier alpha value is -1.56. The average molecular weight is 391 g/mol. The van der Waals surface area contributed by atoms with Gasteiger partial charge in [-0.05, 0) is 57.1 Å². The number of carbonyl (C=O) groups excluding carboxylic acids is 1. The molecule has 1 aliphatic heterocycles. The summed E-state index contributed by atoms with van der Waals surface area (Å²) in [5, 5.41) is 11.1. The van der Waals surface area contributed by atoms with Crippen molar-refractivity contribution in [3.8, 4) is 0 Å². The van der Waals surface area contributed by atoms with Gasteiger partial charge in [-0.1, -0.05) is 11.6 Å². The topological polar surface area (TPSA) is 79.7 Å². The van der Waals surface area contributed by atoms with Crippen molar-refractivity contribution in [2.45, 2.75) is 39.2 Å². The second-order valence-electron chi connectivity index (χ2n) is 8.88. The molecular weight excluding hydrogens is 364 g/mol. The molecule has 0 bridgehead atoms. The van der Waals surface area contributed by atoms with Crippen molar-refractivity contribution in [1.29, 1.82) is 0 Å². The molecule has 0 radical (unpaired) electrons. The number of carbonyl (C=O) groups is 1. The van der Waals surface area contributed by atoms with Gasteiger partial charge in [-0.3, -0.25) is 9.69 Å². The number of rotatable bonds is 6. The van der Waals surface area contributed by atoms with E-state index in [9.17, 15) is 9.90 Å². The summed E-state index contributed by atoms with van der Waals surface area (Å²) in [4.78, 5) is 15.2. The minimum absolute atomic E-state index is 0.0644. The Bertz CT molecular complexity index is 887. The van der Waals surface area contributed by atoms with Crippen LogP contribution >= 0.6 is 11.6 Å². The third-order valence-electron chi connectivity index (χ3n) is 5.98. The second-order valence-corrected chi connectivity index (χ2v) is 9.29. The van der Waals surface area contributed by atoms with Crippen LogP contribution < -0.4 is 5.73 Å². The van der Waals surface area contributed by atoms with E-state index in [0.717, 1.165) is 25.3 Å². The van der Waals surface area contributed by atoms with Crippen LogP contribution in [0.2, 0.25) is 5.02 Å². The zero-order valence-electron chi connectivity index (χ0n) is 16.1. The summed E-state index contributed by atoms with van der Waals surface area (Å²) < 4.78 is 5.72. The van der Waals surface area contributed by atoms with Gasteiger partial charge in [0.15, 0.2) is 5.78 Å². The number of ketones is 1. The fourth-order valence-corrected chi connectivity index (χ4v) is 5.00. The van der Waals surface area contributed by atoms with Gasteiger partial charge in [-0.15, -0.1) is 0 Å². The number of hydrogen-bond acceptors (Lipinski definition) is 5. The number of anilines is 1. The van der Waals surface area contributed by atoms with Crippen LogP contribution in [0.1, 0.15) is 42.8 Å². The molecule has 2 atom stereocenters. The number of fused-ring (bicyclic) bond motifs is 2. The Morgan fingerprint density at radius 3 is 2.67 bits per heavy atom. The molecule has 146 valence electrons. The first-order valence-electron chi connectivity index (χ1n) is 9.60. The third kappa shape index (κ3) is 3.60. The summed E-state index contributed by atoms with van der Waals surface area (Å²) >= 11 is 6.22. The molecule has 2 aliphatic rings. The Labute approximate surface area is 164 Å². The minimum atomic E-state index is -0.650. The van der Waals surface area contributed by atoms with E-state index < -0.39 is 5.60 Å². The molecule has 1 aliphatic carbocycles. The number of hydrogen-bond donors (Lipinski definition) is 2. The Balaban J connectivity index is 1.38. The molecule has 1 saturated heterocycles. The van der Waals surface area contributed by atoms with E-state index in [-0.39, 0.29) is 5.78 Å². The van der Waals surface area contributed by atoms with E-state index in [2.05, 4.69) is 4.90 Å². The first kappa shape index (κ1) is 18.8. The number of nitrogens with two attached hydrogens (primary N) is 1. The van der Waals surface area contributed by atoms with Gasteiger partial charge in [0.1, 0.15) is 11.3 Å². The highest BCUT2D eigenvalue weighted by atomic mass is 35.5. The van der Waals surface area contributed by atoms with Gasteiger partial charge >= 0.3 is 0 Å². The highest BCUT2D eigenvalue weighted by Gasteiger charge is 2.55. The molecule has 6 heteroatoms. The van der Waals surface area contributed by atoms with Crippen molar-refractivity contribution >= 4 is 34.0 Å². The molecule has 0 amide bonds. The van der Waals surface area contributed by atoms with Crippen molar-refractivity contribution in [3.05, 3.63) is 28.5 Å². The van der Waals surface area contributed by atoms with Gasteiger partial charge in [-0.2, -0.15) is 0 Å². The summed E-state index contributed by atoms with van der Waals surface area (Å²) in [5.74, 6) is 2.73. The van der Waals surface area contributed by atoms with Crippen LogP contribution in [-0.4, -0.2) is 41.0 Å². The predicted molar refractivity (Wildman–Crippen MR) is 107 cm³/mol. The van der Waals surface area contributed by atoms with E-state index in [1.54, 1.807) is 6.07 Å². The Kier molecular flexibility index (Phi) is 4.53. The number of nitrogen functional groups attached to an aromatic ring is 1. The SMILES string of the molecule is Cc1cc2c(N)c(Cl)cc(C(=O)CCC3C4CN(CC(C)(C)O)CC34)c2o1. The van der Waals surface area contributed by atoms with Crippen molar-refractivity contribution in [2.75, 3.05) is 25.4 Å². The van der Waals surface area contributed by atoms with Crippen LogP contribution in [0.4, 0.5) is 5.69 Å². The first-order valence-corrected chi connectivity index (χ1v) is 9.98. The van der Waals surface area contributed by atoms with Gasteiger partial charge < -0.3 is 15.3 Å². The molecule has 2 heterocycles. The van der Waals surface area contributed by atoms with E-state index in [4.69, 9.17) is 21.8 Å². The monoisotopic (exact) mass is 390 g/mol. The van der Waals surface area contributed by atoms with Gasteiger partial charge in [0.2, 0.25) is 0 Å². The molecule has 5 nitrogen and oxygen atoms in total. The summed E-state index contributed by atoms with van der Waals surface area (Å²) in [5.41, 5.74) is 6.92. The minimum Gasteiger partial charge on any atom is -0.461 e. The lowest BCUT2D eigenvalue weighted by molar-refractivity contribution is 0.0388. The van der Waals surface area contributed by atoms with Gasteiger partial charge in [0.05, 0.1) is 21.9 Å². The van der Waals surface area contributed by atoms with Crippen LogP contribution in [0, 0.1) is 24.7 Å². The standard InChI is InChI=1S/C21H27ClN2O3/c1-11-6-14-19(23)17(22)7-13(20(14)27-11)18(25)5-4-12-15-8-24(9-16(12)15)10-21(2,3)26/h6-7,12,15-16,26H,4-5,8-10,23H2,1-3H3. The number of halogens is 1. The van der Waals surface area contributed by atoms with Gasteiger partial charge in [0, 0.05) is 31.4 Å². The molecule has 1 aromatic carbocycles. The Morgan fingerprint density at radius 2 is 2.04 bits per heavy atom. The lowest BCUT2D eigenvalue weighted by Crippen LogP contribution is -2.38. The molecular formula is C21H27ClN2O3. The number of benzene rings is 1. The summed E-state index contributed by atoms with van der Waals surface area (Å²) in [6, 6.07) is 3.47. The zero-order valence-corrected chi connectivity index (χ0v) is 16.8. The van der Waals surface area contributed by atoms with Crippen LogP contribution in [0.25, 0.3) is 11.0 Å². The number of furan rings is 1. The quantitative estimate of drug-likeness (QED) is 0.577. The maximum atomic E-state index is 12.8. The van der Waals surface area contributed by atoms with Crippen molar-refractivity contribution < 1.29 is 14.3 Å². The number of nitrogens with zero attached hydrogens (tertiary/aromatic N) is 1. The van der Waals surface area contributed by atoms with Crippen molar-refractivity contribution in [3.63, 3.8) is 0 Å². The molecule has 27 heavy (non-hydrogen) atoms. The molecule has 2 fully saturated rings. The number of aliphatic hydroxyl groups is 1. The molecule has 4 rings (SSSR count). The van der Waals surface area contributed by atoms with Crippen LogP contribution in [0.3, 0.4) is 0 Å². The number of Topliss-reactive ketones (excluding diaryl/α,β-unsaturated/α-hetero) is 1. The molecule has 2 unspecified atom stereocenters. The summed E-state index contributed by atoms with van der Waals surface area (Å²) in [6.45, 7) is 8.31. The van der Waals surface area contributed by atoms with Gasteiger partial charge in [0.25, 0.3) is 0 Å².